The van der Waals surface area contributed by atoms with Crippen molar-refractivity contribution in [1.82, 2.24) is 10.2 Å². The average molecular weight is 272 g/mol. The van der Waals surface area contributed by atoms with Crippen LogP contribution in [0.3, 0.4) is 0 Å². The van der Waals surface area contributed by atoms with Crippen LogP contribution >= 0.6 is 0 Å². The fourth-order valence-corrected chi connectivity index (χ4v) is 2.01. The standard InChI is InChI=1S/C14H12N2O4/c1-8-15-16-14(19-8)13-5-10-11(18-7-9-6-17-9)3-2-4-12(10)20-13/h2-5,9H,6-7H2,1H3/t9-/m1/s1. The van der Waals surface area contributed by atoms with Crippen LogP contribution in [0.4, 0.5) is 0 Å². The van der Waals surface area contributed by atoms with E-state index in [2.05, 4.69) is 10.2 Å². The molecule has 1 atom stereocenters. The number of benzene rings is 1. The molecular formula is C14H12N2O4. The van der Waals surface area contributed by atoms with Crippen molar-refractivity contribution >= 4 is 11.0 Å². The Morgan fingerprint density at radius 2 is 2.20 bits per heavy atom. The third-order valence-corrected chi connectivity index (χ3v) is 3.09. The van der Waals surface area contributed by atoms with Gasteiger partial charge in [-0.25, -0.2) is 0 Å². The fraction of sp³-hybridized carbons (Fsp3) is 0.286. The van der Waals surface area contributed by atoms with Gasteiger partial charge in [0.2, 0.25) is 5.89 Å². The summed E-state index contributed by atoms with van der Waals surface area (Å²) in [5.41, 5.74) is 0.727. The molecule has 0 aliphatic carbocycles. The SMILES string of the molecule is Cc1nnc(-c2cc3c(OC[C@H]4CO4)cccc3o2)o1. The minimum absolute atomic E-state index is 0.218. The average Bonchev–Trinajstić information content (AvgIpc) is 3.00. The van der Waals surface area contributed by atoms with Gasteiger partial charge in [-0.15, -0.1) is 10.2 Å². The van der Waals surface area contributed by atoms with Gasteiger partial charge in [-0.3, -0.25) is 0 Å². The first kappa shape index (κ1) is 11.5. The summed E-state index contributed by atoms with van der Waals surface area (Å²) in [5, 5.41) is 8.64. The van der Waals surface area contributed by atoms with E-state index in [1.165, 1.54) is 0 Å². The maximum absolute atomic E-state index is 5.75. The number of aryl methyl sites for hydroxylation is 1. The lowest BCUT2D eigenvalue weighted by Gasteiger charge is -2.04. The molecule has 2 aromatic heterocycles. The lowest BCUT2D eigenvalue weighted by molar-refractivity contribution is 0.265. The molecule has 1 aromatic carbocycles. The molecule has 1 saturated heterocycles. The molecule has 4 rings (SSSR count). The first-order valence-corrected chi connectivity index (χ1v) is 6.37. The molecule has 0 saturated carbocycles. The Bertz CT molecular complexity index is 757. The largest absolute Gasteiger partial charge is 0.490 e. The van der Waals surface area contributed by atoms with Crippen LogP contribution in [0.25, 0.3) is 22.6 Å². The topological polar surface area (TPSA) is 73.8 Å². The summed E-state index contributed by atoms with van der Waals surface area (Å²) in [6.07, 6.45) is 0.218. The zero-order valence-corrected chi connectivity index (χ0v) is 10.8. The highest BCUT2D eigenvalue weighted by molar-refractivity contribution is 5.87. The molecule has 0 unspecified atom stereocenters. The van der Waals surface area contributed by atoms with Gasteiger partial charge >= 0.3 is 0 Å². The van der Waals surface area contributed by atoms with Crippen LogP contribution in [-0.2, 0) is 4.74 Å². The second-order valence-electron chi connectivity index (χ2n) is 4.67. The molecule has 6 nitrogen and oxygen atoms in total. The third kappa shape index (κ3) is 2.04. The molecule has 1 aliphatic heterocycles. The minimum Gasteiger partial charge on any atom is -0.490 e. The normalized spacial score (nSPS) is 17.6. The summed E-state index contributed by atoms with van der Waals surface area (Å²) < 4.78 is 22.0. The molecule has 0 spiro atoms. The number of ether oxygens (including phenoxy) is 2. The van der Waals surface area contributed by atoms with Gasteiger partial charge in [-0.1, -0.05) is 6.07 Å². The number of furan rings is 1. The number of aromatic nitrogens is 2. The minimum atomic E-state index is 0.218. The van der Waals surface area contributed by atoms with Gasteiger partial charge in [0.25, 0.3) is 5.89 Å². The molecule has 1 aliphatic rings. The predicted molar refractivity (Wildman–Crippen MR) is 69.5 cm³/mol. The van der Waals surface area contributed by atoms with Crippen molar-refractivity contribution in [2.75, 3.05) is 13.2 Å². The Morgan fingerprint density at radius 1 is 1.30 bits per heavy atom. The lowest BCUT2D eigenvalue weighted by atomic mass is 10.2. The van der Waals surface area contributed by atoms with Gasteiger partial charge in [-0.2, -0.15) is 0 Å². The number of fused-ring (bicyclic) bond motifs is 1. The van der Waals surface area contributed by atoms with Crippen molar-refractivity contribution in [2.45, 2.75) is 13.0 Å². The molecular weight excluding hydrogens is 260 g/mol. The first-order chi connectivity index (χ1) is 9.79. The van der Waals surface area contributed by atoms with Gasteiger partial charge < -0.3 is 18.3 Å². The van der Waals surface area contributed by atoms with Gasteiger partial charge in [0.05, 0.1) is 12.0 Å². The van der Waals surface area contributed by atoms with E-state index < -0.39 is 0 Å². The molecule has 1 fully saturated rings. The number of epoxide rings is 1. The van der Waals surface area contributed by atoms with Crippen LogP contribution in [0.15, 0.2) is 33.1 Å². The molecule has 0 bridgehead atoms. The summed E-state index contributed by atoms with van der Waals surface area (Å²) in [6.45, 7) is 3.07. The Hall–Kier alpha value is -2.34. The fourth-order valence-electron chi connectivity index (χ4n) is 2.01. The number of nitrogens with zero attached hydrogens (tertiary/aromatic N) is 2. The molecule has 20 heavy (non-hydrogen) atoms. The summed E-state index contributed by atoms with van der Waals surface area (Å²) in [7, 11) is 0. The number of rotatable bonds is 4. The predicted octanol–water partition coefficient (Wildman–Crippen LogP) is 2.57. The number of hydrogen-bond donors (Lipinski definition) is 0. The van der Waals surface area contributed by atoms with Crippen LogP contribution in [0.5, 0.6) is 5.75 Å². The van der Waals surface area contributed by atoms with Crippen molar-refractivity contribution in [1.29, 1.82) is 0 Å². The molecule has 3 heterocycles. The maximum atomic E-state index is 5.75. The van der Waals surface area contributed by atoms with E-state index in [9.17, 15) is 0 Å². The molecule has 3 aromatic rings. The molecule has 0 N–H and O–H groups in total. The zero-order valence-electron chi connectivity index (χ0n) is 10.8. The number of hydrogen-bond acceptors (Lipinski definition) is 6. The van der Waals surface area contributed by atoms with Crippen LogP contribution in [0, 0.1) is 6.92 Å². The van der Waals surface area contributed by atoms with Crippen LogP contribution in [-0.4, -0.2) is 29.5 Å². The van der Waals surface area contributed by atoms with Crippen molar-refractivity contribution in [3.05, 3.63) is 30.2 Å². The van der Waals surface area contributed by atoms with Gasteiger partial charge in [-0.05, 0) is 12.1 Å². The highest BCUT2D eigenvalue weighted by Gasteiger charge is 2.23. The van der Waals surface area contributed by atoms with Crippen LogP contribution in [0.1, 0.15) is 5.89 Å². The summed E-state index contributed by atoms with van der Waals surface area (Å²) in [6, 6.07) is 7.52. The van der Waals surface area contributed by atoms with Crippen molar-refractivity contribution in [3.63, 3.8) is 0 Å². The molecule has 102 valence electrons. The lowest BCUT2D eigenvalue weighted by Crippen LogP contribution is -2.03. The van der Waals surface area contributed by atoms with Gasteiger partial charge in [0.1, 0.15) is 24.0 Å². The van der Waals surface area contributed by atoms with Crippen molar-refractivity contribution in [3.8, 4) is 17.4 Å². The van der Waals surface area contributed by atoms with E-state index in [0.717, 1.165) is 23.3 Å². The maximum Gasteiger partial charge on any atom is 0.283 e. The van der Waals surface area contributed by atoms with E-state index >= 15 is 0 Å². The van der Waals surface area contributed by atoms with E-state index in [1.807, 2.05) is 24.3 Å². The Morgan fingerprint density at radius 3 is 2.95 bits per heavy atom. The second kappa shape index (κ2) is 4.35. The molecule has 6 heteroatoms. The highest BCUT2D eigenvalue weighted by atomic mass is 16.6. The van der Waals surface area contributed by atoms with Crippen LogP contribution < -0.4 is 4.74 Å². The summed E-state index contributed by atoms with van der Waals surface area (Å²) in [5.74, 6) is 2.18. The second-order valence-corrected chi connectivity index (χ2v) is 4.67. The Kier molecular flexibility index (Phi) is 2.50. The first-order valence-electron chi connectivity index (χ1n) is 6.37. The monoisotopic (exact) mass is 272 g/mol. The Labute approximate surface area is 114 Å². The Balaban J connectivity index is 1.72. The van der Waals surface area contributed by atoms with Crippen LogP contribution in [0.2, 0.25) is 0 Å². The van der Waals surface area contributed by atoms with Gasteiger partial charge in [0.15, 0.2) is 5.76 Å². The summed E-state index contributed by atoms with van der Waals surface area (Å²) in [4.78, 5) is 0. The van der Waals surface area contributed by atoms with E-state index in [1.54, 1.807) is 6.92 Å². The van der Waals surface area contributed by atoms with E-state index in [4.69, 9.17) is 18.3 Å². The third-order valence-electron chi connectivity index (χ3n) is 3.09. The van der Waals surface area contributed by atoms with Crippen molar-refractivity contribution < 1.29 is 18.3 Å². The van der Waals surface area contributed by atoms with Crippen molar-refractivity contribution in [2.24, 2.45) is 0 Å². The van der Waals surface area contributed by atoms with E-state index in [-0.39, 0.29) is 6.10 Å². The summed E-state index contributed by atoms with van der Waals surface area (Å²) >= 11 is 0. The highest BCUT2D eigenvalue weighted by Crippen LogP contribution is 2.33. The van der Waals surface area contributed by atoms with Gasteiger partial charge in [0, 0.05) is 13.0 Å². The molecule has 0 amide bonds. The van der Waals surface area contributed by atoms with E-state index in [0.29, 0.717) is 24.1 Å². The smallest absolute Gasteiger partial charge is 0.283 e. The quantitative estimate of drug-likeness (QED) is 0.679. The molecule has 0 radical (unpaired) electrons. The zero-order chi connectivity index (χ0) is 13.5.